The molecule has 0 aliphatic heterocycles. The summed E-state index contributed by atoms with van der Waals surface area (Å²) in [6.45, 7) is 1.91. The van der Waals surface area contributed by atoms with Crippen molar-refractivity contribution in [2.75, 3.05) is 0 Å². The zero-order valence-electron chi connectivity index (χ0n) is 9.58. The van der Waals surface area contributed by atoms with Gasteiger partial charge >= 0.3 is 6.30 Å². The van der Waals surface area contributed by atoms with Crippen LogP contribution in [0.25, 0.3) is 0 Å². The first kappa shape index (κ1) is 12.5. The van der Waals surface area contributed by atoms with E-state index in [1.54, 1.807) is 17.2 Å². The van der Waals surface area contributed by atoms with E-state index in [0.717, 1.165) is 17.3 Å². The molecule has 6 heteroatoms. The van der Waals surface area contributed by atoms with E-state index in [1.165, 1.54) is 0 Å². The minimum absolute atomic E-state index is 0.0937. The van der Waals surface area contributed by atoms with Gasteiger partial charge in [-0.1, -0.05) is 29.8 Å². The minimum Gasteiger partial charge on any atom is -0.268 e. The number of rotatable bonds is 2. The van der Waals surface area contributed by atoms with Crippen molar-refractivity contribution in [3.63, 3.8) is 0 Å². The Morgan fingerprint density at radius 2 is 1.83 bits per heavy atom. The van der Waals surface area contributed by atoms with Crippen LogP contribution in [0.4, 0.5) is 13.2 Å². The van der Waals surface area contributed by atoms with E-state index < -0.39 is 11.9 Å². The molecule has 0 amide bonds. The van der Waals surface area contributed by atoms with Crippen LogP contribution in [0.2, 0.25) is 0 Å². The first-order valence-corrected chi connectivity index (χ1v) is 5.29. The lowest BCUT2D eigenvalue weighted by atomic mass is 10.1. The molecule has 2 rings (SSSR count). The van der Waals surface area contributed by atoms with Gasteiger partial charge in [-0.25, -0.2) is 0 Å². The van der Waals surface area contributed by atoms with E-state index in [4.69, 9.17) is 0 Å². The van der Waals surface area contributed by atoms with Crippen LogP contribution >= 0.6 is 0 Å². The van der Waals surface area contributed by atoms with Gasteiger partial charge in [-0.15, -0.1) is 13.2 Å². The van der Waals surface area contributed by atoms with Crippen LogP contribution in [0.3, 0.4) is 0 Å². The van der Waals surface area contributed by atoms with Crippen molar-refractivity contribution in [2.24, 2.45) is 0 Å². The number of aromatic amines is 1. The van der Waals surface area contributed by atoms with Crippen molar-refractivity contribution < 1.29 is 13.2 Å². The maximum absolute atomic E-state index is 12.4. The summed E-state index contributed by atoms with van der Waals surface area (Å²) >= 11 is 0. The topological polar surface area (TPSA) is 37.8 Å². The predicted molar refractivity (Wildman–Crippen MR) is 60.3 cm³/mol. The molecule has 0 spiro atoms. The predicted octanol–water partition coefficient (Wildman–Crippen LogP) is 2.55. The van der Waals surface area contributed by atoms with Crippen LogP contribution < -0.4 is 5.56 Å². The number of H-pyrrole nitrogens is 1. The molecule has 0 fully saturated rings. The molecule has 1 aromatic heterocycles. The summed E-state index contributed by atoms with van der Waals surface area (Å²) in [5.74, 6) is 0. The quantitative estimate of drug-likeness (QED) is 0.881. The maximum Gasteiger partial charge on any atom is 0.502 e. The molecule has 3 nitrogen and oxygen atoms in total. The van der Waals surface area contributed by atoms with E-state index in [1.807, 2.05) is 19.1 Å². The Hall–Kier alpha value is -1.98. The standard InChI is InChI=1S/C12H11F3N2O/c1-8-2-4-9(5-3-8)6-10-7-17(12(13,14)15)16-11(10)18/h2-5,7H,6H2,1H3,(H,16,18). The molecular weight excluding hydrogens is 245 g/mol. The molecule has 1 N–H and O–H groups in total. The van der Waals surface area contributed by atoms with Crippen LogP contribution in [-0.2, 0) is 12.7 Å². The van der Waals surface area contributed by atoms with Gasteiger partial charge in [-0.2, -0.15) is 4.68 Å². The zero-order valence-corrected chi connectivity index (χ0v) is 9.58. The highest BCUT2D eigenvalue weighted by Gasteiger charge is 2.31. The molecule has 1 aromatic carbocycles. The Labute approximate surface area is 101 Å². The molecule has 0 atom stereocenters. The van der Waals surface area contributed by atoms with Crippen molar-refractivity contribution in [3.8, 4) is 0 Å². The summed E-state index contributed by atoms with van der Waals surface area (Å²) in [5, 5.41) is 1.75. The number of nitrogens with zero attached hydrogens (tertiary/aromatic N) is 1. The second-order valence-electron chi connectivity index (χ2n) is 4.10. The molecule has 0 saturated heterocycles. The lowest BCUT2D eigenvalue weighted by Gasteiger charge is -2.05. The molecule has 2 aromatic rings. The fourth-order valence-electron chi connectivity index (χ4n) is 1.62. The van der Waals surface area contributed by atoms with Gasteiger partial charge in [0.15, 0.2) is 0 Å². The van der Waals surface area contributed by atoms with Crippen molar-refractivity contribution >= 4 is 0 Å². The Morgan fingerprint density at radius 1 is 1.22 bits per heavy atom. The molecule has 0 bridgehead atoms. The molecular formula is C12H11F3N2O. The molecule has 1 heterocycles. The number of aryl methyl sites for hydroxylation is 1. The van der Waals surface area contributed by atoms with Crippen LogP contribution in [0.15, 0.2) is 35.3 Å². The van der Waals surface area contributed by atoms with E-state index in [-0.39, 0.29) is 16.7 Å². The number of aromatic nitrogens is 2. The summed E-state index contributed by atoms with van der Waals surface area (Å²) in [5.41, 5.74) is 1.23. The fraction of sp³-hybridized carbons (Fsp3) is 0.250. The summed E-state index contributed by atoms with van der Waals surface area (Å²) in [4.78, 5) is 11.4. The number of alkyl halides is 3. The van der Waals surface area contributed by atoms with Crippen molar-refractivity contribution in [2.45, 2.75) is 19.6 Å². The van der Waals surface area contributed by atoms with Crippen molar-refractivity contribution in [3.05, 3.63) is 57.5 Å². The molecule has 0 saturated carbocycles. The fourth-order valence-corrected chi connectivity index (χ4v) is 1.62. The highest BCUT2D eigenvalue weighted by atomic mass is 19.4. The Balaban J connectivity index is 2.27. The molecule has 18 heavy (non-hydrogen) atoms. The van der Waals surface area contributed by atoms with Gasteiger partial charge in [0.05, 0.1) is 0 Å². The molecule has 0 unspecified atom stereocenters. The minimum atomic E-state index is -4.59. The smallest absolute Gasteiger partial charge is 0.268 e. The highest BCUT2D eigenvalue weighted by molar-refractivity contribution is 5.26. The number of hydrogen-bond acceptors (Lipinski definition) is 1. The van der Waals surface area contributed by atoms with E-state index in [0.29, 0.717) is 0 Å². The second-order valence-corrected chi connectivity index (χ2v) is 4.10. The zero-order chi connectivity index (χ0) is 13.3. The third-order valence-corrected chi connectivity index (χ3v) is 2.59. The lowest BCUT2D eigenvalue weighted by molar-refractivity contribution is -0.212. The average Bonchev–Trinajstić information content (AvgIpc) is 2.63. The van der Waals surface area contributed by atoms with E-state index in [9.17, 15) is 18.0 Å². The van der Waals surface area contributed by atoms with Crippen LogP contribution in [0, 0.1) is 6.92 Å². The van der Waals surface area contributed by atoms with Crippen molar-refractivity contribution in [1.82, 2.24) is 9.78 Å². The number of benzene rings is 1. The Morgan fingerprint density at radius 3 is 2.33 bits per heavy atom. The highest BCUT2D eigenvalue weighted by Crippen LogP contribution is 2.20. The molecule has 0 aliphatic rings. The molecule has 96 valence electrons. The maximum atomic E-state index is 12.4. The Bertz CT molecular complexity index is 593. The van der Waals surface area contributed by atoms with Gasteiger partial charge in [-0.3, -0.25) is 9.89 Å². The normalized spacial score (nSPS) is 11.8. The Kier molecular flexibility index (Phi) is 3.02. The van der Waals surface area contributed by atoms with Gasteiger partial charge in [0.2, 0.25) is 0 Å². The monoisotopic (exact) mass is 256 g/mol. The van der Waals surface area contributed by atoms with Gasteiger partial charge in [0.1, 0.15) is 0 Å². The third-order valence-electron chi connectivity index (χ3n) is 2.59. The van der Waals surface area contributed by atoms with Gasteiger partial charge < -0.3 is 0 Å². The summed E-state index contributed by atoms with van der Waals surface area (Å²) < 4.78 is 37.0. The van der Waals surface area contributed by atoms with Gasteiger partial charge in [0.25, 0.3) is 5.56 Å². The van der Waals surface area contributed by atoms with Crippen LogP contribution in [0.1, 0.15) is 16.7 Å². The summed E-state index contributed by atoms with van der Waals surface area (Å²) in [6.07, 6.45) is -3.62. The summed E-state index contributed by atoms with van der Waals surface area (Å²) in [6, 6.07) is 7.29. The van der Waals surface area contributed by atoms with Crippen LogP contribution in [0.5, 0.6) is 0 Å². The second kappa shape index (κ2) is 4.36. The number of hydrogen-bond donors (Lipinski definition) is 1. The van der Waals surface area contributed by atoms with E-state index >= 15 is 0 Å². The van der Waals surface area contributed by atoms with Gasteiger partial charge in [-0.05, 0) is 12.5 Å². The first-order valence-electron chi connectivity index (χ1n) is 5.29. The summed E-state index contributed by atoms with van der Waals surface area (Å²) in [7, 11) is 0. The number of nitrogens with one attached hydrogen (secondary N) is 1. The van der Waals surface area contributed by atoms with Crippen molar-refractivity contribution in [1.29, 1.82) is 0 Å². The number of halogens is 3. The third kappa shape index (κ3) is 2.64. The molecule has 0 radical (unpaired) electrons. The molecule has 0 aliphatic carbocycles. The SMILES string of the molecule is Cc1ccc(Cc2cn(C(F)(F)F)[nH]c2=O)cc1. The van der Waals surface area contributed by atoms with E-state index in [2.05, 4.69) is 0 Å². The largest absolute Gasteiger partial charge is 0.502 e. The lowest BCUT2D eigenvalue weighted by Crippen LogP contribution is -2.19. The average molecular weight is 256 g/mol. The first-order chi connectivity index (χ1) is 8.36. The van der Waals surface area contributed by atoms with Gasteiger partial charge in [0, 0.05) is 18.2 Å². The van der Waals surface area contributed by atoms with Crippen LogP contribution in [-0.4, -0.2) is 9.78 Å².